The average molecular weight is 226 g/mol. The SMILES string of the molecule is COC(=O)Cc1nc(C2(OC)CCC2)no1. The molecule has 1 aliphatic carbocycles. The molecule has 6 heteroatoms. The Hall–Kier alpha value is -1.43. The molecule has 0 saturated heterocycles. The molecule has 0 bridgehead atoms. The number of hydrogen-bond donors (Lipinski definition) is 0. The average Bonchev–Trinajstić information content (AvgIpc) is 2.66. The van der Waals surface area contributed by atoms with E-state index in [9.17, 15) is 4.79 Å². The Morgan fingerprint density at radius 1 is 1.50 bits per heavy atom. The molecule has 0 radical (unpaired) electrons. The van der Waals surface area contributed by atoms with Gasteiger partial charge in [-0.05, 0) is 19.3 Å². The van der Waals surface area contributed by atoms with E-state index >= 15 is 0 Å². The Bertz CT molecular complexity index is 378. The van der Waals surface area contributed by atoms with E-state index in [1.54, 1.807) is 7.11 Å². The Balaban J connectivity index is 2.10. The summed E-state index contributed by atoms with van der Waals surface area (Å²) in [5.74, 6) is 0.403. The van der Waals surface area contributed by atoms with E-state index in [0.717, 1.165) is 19.3 Å². The van der Waals surface area contributed by atoms with E-state index in [0.29, 0.717) is 5.82 Å². The summed E-state index contributed by atoms with van der Waals surface area (Å²) in [4.78, 5) is 15.2. The Morgan fingerprint density at radius 2 is 2.25 bits per heavy atom. The van der Waals surface area contributed by atoms with Crippen molar-refractivity contribution < 1.29 is 18.8 Å². The summed E-state index contributed by atoms with van der Waals surface area (Å²) in [6.45, 7) is 0. The van der Waals surface area contributed by atoms with Gasteiger partial charge < -0.3 is 14.0 Å². The van der Waals surface area contributed by atoms with Gasteiger partial charge in [0.25, 0.3) is 0 Å². The highest BCUT2D eigenvalue weighted by atomic mass is 16.5. The molecule has 1 fully saturated rings. The van der Waals surface area contributed by atoms with Crippen LogP contribution >= 0.6 is 0 Å². The van der Waals surface area contributed by atoms with Crippen LogP contribution in [-0.4, -0.2) is 30.3 Å². The molecule has 0 spiro atoms. The molecule has 1 heterocycles. The normalized spacial score (nSPS) is 17.9. The van der Waals surface area contributed by atoms with Crippen LogP contribution in [0.5, 0.6) is 0 Å². The molecule has 6 nitrogen and oxygen atoms in total. The lowest BCUT2D eigenvalue weighted by molar-refractivity contribution is -0.140. The monoisotopic (exact) mass is 226 g/mol. The topological polar surface area (TPSA) is 74.5 Å². The summed E-state index contributed by atoms with van der Waals surface area (Å²) in [7, 11) is 2.96. The van der Waals surface area contributed by atoms with Gasteiger partial charge in [-0.15, -0.1) is 0 Å². The minimum absolute atomic E-state index is 0.00327. The molecule has 0 atom stereocenters. The fraction of sp³-hybridized carbons (Fsp3) is 0.700. The van der Waals surface area contributed by atoms with Gasteiger partial charge in [-0.1, -0.05) is 5.16 Å². The predicted molar refractivity (Wildman–Crippen MR) is 52.6 cm³/mol. The summed E-state index contributed by atoms with van der Waals surface area (Å²) in [5, 5.41) is 3.85. The lowest BCUT2D eigenvalue weighted by Crippen LogP contribution is -2.37. The quantitative estimate of drug-likeness (QED) is 0.707. The van der Waals surface area contributed by atoms with Crippen molar-refractivity contribution in [2.24, 2.45) is 0 Å². The largest absolute Gasteiger partial charge is 0.469 e. The molecular weight excluding hydrogens is 212 g/mol. The molecule has 1 aromatic heterocycles. The molecule has 0 aliphatic heterocycles. The Kier molecular flexibility index (Phi) is 2.91. The molecule has 1 aromatic rings. The van der Waals surface area contributed by atoms with Gasteiger partial charge in [0, 0.05) is 7.11 Å². The van der Waals surface area contributed by atoms with Gasteiger partial charge in [-0.2, -0.15) is 4.98 Å². The van der Waals surface area contributed by atoms with Crippen LogP contribution in [0.2, 0.25) is 0 Å². The van der Waals surface area contributed by atoms with Crippen LogP contribution in [0, 0.1) is 0 Å². The molecule has 0 aromatic carbocycles. The van der Waals surface area contributed by atoms with E-state index in [2.05, 4.69) is 14.9 Å². The zero-order chi connectivity index (χ0) is 11.6. The Labute approximate surface area is 92.9 Å². The number of hydrogen-bond acceptors (Lipinski definition) is 6. The zero-order valence-corrected chi connectivity index (χ0v) is 9.36. The summed E-state index contributed by atoms with van der Waals surface area (Å²) in [5.41, 5.74) is -0.405. The second-order valence-electron chi connectivity index (χ2n) is 3.82. The van der Waals surface area contributed by atoms with E-state index in [4.69, 9.17) is 9.26 Å². The summed E-state index contributed by atoms with van der Waals surface area (Å²) >= 11 is 0. The minimum Gasteiger partial charge on any atom is -0.469 e. The molecule has 16 heavy (non-hydrogen) atoms. The molecule has 0 N–H and O–H groups in total. The molecule has 88 valence electrons. The maximum Gasteiger partial charge on any atom is 0.315 e. The smallest absolute Gasteiger partial charge is 0.315 e. The molecule has 1 saturated carbocycles. The van der Waals surface area contributed by atoms with Gasteiger partial charge in [0.05, 0.1) is 7.11 Å². The van der Waals surface area contributed by atoms with Crippen molar-refractivity contribution in [1.29, 1.82) is 0 Å². The summed E-state index contributed by atoms with van der Waals surface area (Å²) < 4.78 is 14.9. The van der Waals surface area contributed by atoms with Crippen LogP contribution in [0.3, 0.4) is 0 Å². The van der Waals surface area contributed by atoms with Crippen molar-refractivity contribution in [3.8, 4) is 0 Å². The van der Waals surface area contributed by atoms with Gasteiger partial charge in [0.15, 0.2) is 0 Å². The first-order valence-corrected chi connectivity index (χ1v) is 5.15. The number of aromatic nitrogens is 2. The third-order valence-corrected chi connectivity index (χ3v) is 2.95. The van der Waals surface area contributed by atoms with Crippen LogP contribution in [0.4, 0.5) is 0 Å². The van der Waals surface area contributed by atoms with Crippen LogP contribution in [-0.2, 0) is 26.3 Å². The minimum atomic E-state index is -0.405. The van der Waals surface area contributed by atoms with Gasteiger partial charge >= 0.3 is 5.97 Å². The van der Waals surface area contributed by atoms with Crippen LogP contribution < -0.4 is 0 Å². The van der Waals surface area contributed by atoms with Crippen LogP contribution in [0.1, 0.15) is 31.0 Å². The predicted octanol–water partition coefficient (Wildman–Crippen LogP) is 0.811. The third kappa shape index (κ3) is 1.80. The molecule has 0 unspecified atom stereocenters. The fourth-order valence-corrected chi connectivity index (χ4v) is 1.72. The van der Waals surface area contributed by atoms with Gasteiger partial charge in [0.2, 0.25) is 11.7 Å². The highest BCUT2D eigenvalue weighted by Crippen LogP contribution is 2.42. The standard InChI is InChI=1S/C10H14N2O4/c1-14-8(13)6-7-11-9(12-16-7)10(15-2)4-3-5-10/h3-6H2,1-2H3. The lowest BCUT2D eigenvalue weighted by atomic mass is 9.79. The molecule has 1 aliphatic rings. The second-order valence-corrected chi connectivity index (χ2v) is 3.82. The first kappa shape index (κ1) is 11.1. The third-order valence-electron chi connectivity index (χ3n) is 2.95. The van der Waals surface area contributed by atoms with Crippen molar-refractivity contribution in [3.05, 3.63) is 11.7 Å². The van der Waals surface area contributed by atoms with Crippen molar-refractivity contribution in [3.63, 3.8) is 0 Å². The maximum atomic E-state index is 11.0. The van der Waals surface area contributed by atoms with Gasteiger partial charge in [0.1, 0.15) is 12.0 Å². The molecule has 2 rings (SSSR count). The number of rotatable bonds is 4. The molecular formula is C10H14N2O4. The van der Waals surface area contributed by atoms with Crippen molar-refractivity contribution in [1.82, 2.24) is 10.1 Å². The number of ether oxygens (including phenoxy) is 2. The lowest BCUT2D eigenvalue weighted by Gasteiger charge is -2.37. The number of carbonyl (C=O) groups excluding carboxylic acids is 1. The summed E-state index contributed by atoms with van der Waals surface area (Å²) in [6.07, 6.45) is 2.87. The maximum absolute atomic E-state index is 11.0. The highest BCUT2D eigenvalue weighted by molar-refractivity contribution is 5.71. The van der Waals surface area contributed by atoms with E-state index < -0.39 is 11.6 Å². The van der Waals surface area contributed by atoms with Crippen LogP contribution in [0.15, 0.2) is 4.52 Å². The highest BCUT2D eigenvalue weighted by Gasteiger charge is 2.43. The number of carbonyl (C=O) groups is 1. The van der Waals surface area contributed by atoms with Crippen molar-refractivity contribution in [2.45, 2.75) is 31.3 Å². The summed E-state index contributed by atoms with van der Waals surface area (Å²) in [6, 6.07) is 0. The zero-order valence-electron chi connectivity index (χ0n) is 9.36. The van der Waals surface area contributed by atoms with Gasteiger partial charge in [-0.25, -0.2) is 0 Å². The van der Waals surface area contributed by atoms with Gasteiger partial charge in [-0.3, -0.25) is 4.79 Å². The molecule has 0 amide bonds. The first-order chi connectivity index (χ1) is 7.70. The van der Waals surface area contributed by atoms with Crippen molar-refractivity contribution >= 4 is 5.97 Å². The van der Waals surface area contributed by atoms with E-state index in [1.165, 1.54) is 7.11 Å². The number of esters is 1. The second kappa shape index (κ2) is 4.21. The van der Waals surface area contributed by atoms with E-state index in [-0.39, 0.29) is 12.3 Å². The number of nitrogens with zero attached hydrogens (tertiary/aromatic N) is 2. The first-order valence-electron chi connectivity index (χ1n) is 5.15. The number of methoxy groups -OCH3 is 2. The van der Waals surface area contributed by atoms with E-state index in [1.807, 2.05) is 0 Å². The van der Waals surface area contributed by atoms with Crippen LogP contribution in [0.25, 0.3) is 0 Å². The Morgan fingerprint density at radius 3 is 2.75 bits per heavy atom. The fourth-order valence-electron chi connectivity index (χ4n) is 1.72. The van der Waals surface area contributed by atoms with Crippen molar-refractivity contribution in [2.75, 3.05) is 14.2 Å².